The summed E-state index contributed by atoms with van der Waals surface area (Å²) in [4.78, 5) is 21.5. The Morgan fingerprint density at radius 3 is 3.00 bits per heavy atom. The third kappa shape index (κ3) is 2.26. The molecule has 4 heterocycles. The number of pyridine rings is 2. The van der Waals surface area contributed by atoms with E-state index in [4.69, 9.17) is 0 Å². The first-order valence-electron chi connectivity index (χ1n) is 7.47. The third-order valence-electron chi connectivity index (χ3n) is 4.11. The second-order valence-corrected chi connectivity index (χ2v) is 6.54. The van der Waals surface area contributed by atoms with Crippen molar-refractivity contribution >= 4 is 11.3 Å². The molecule has 0 unspecified atom stereocenters. The molecule has 0 radical (unpaired) electrons. The van der Waals surface area contributed by atoms with Crippen LogP contribution >= 0.6 is 11.3 Å². The Morgan fingerprint density at radius 2 is 2.22 bits per heavy atom. The summed E-state index contributed by atoms with van der Waals surface area (Å²) in [5.74, 6) is 0.101. The molecule has 1 aliphatic rings. The van der Waals surface area contributed by atoms with Crippen molar-refractivity contribution in [1.82, 2.24) is 14.5 Å². The van der Waals surface area contributed by atoms with Gasteiger partial charge >= 0.3 is 0 Å². The largest absolute Gasteiger partial charge is 0.506 e. The molecule has 0 bridgehead atoms. The van der Waals surface area contributed by atoms with Gasteiger partial charge in [-0.1, -0.05) is 0 Å². The number of hydrogen-bond donors (Lipinski definition) is 1. The van der Waals surface area contributed by atoms with E-state index in [1.807, 2.05) is 18.4 Å². The minimum Gasteiger partial charge on any atom is -0.506 e. The molecule has 0 saturated carbocycles. The third-order valence-corrected chi connectivity index (χ3v) is 5.11. The van der Waals surface area contributed by atoms with Crippen molar-refractivity contribution in [3.05, 3.63) is 51.5 Å². The van der Waals surface area contributed by atoms with Crippen molar-refractivity contribution in [2.75, 3.05) is 0 Å². The Hall–Kier alpha value is -2.47. The summed E-state index contributed by atoms with van der Waals surface area (Å²) in [6, 6.07) is 3.49. The molecule has 1 N–H and O–H groups in total. The fourth-order valence-electron chi connectivity index (χ4n) is 3.06. The molecule has 3 aromatic rings. The molecule has 3 aromatic heterocycles. The van der Waals surface area contributed by atoms with Crippen LogP contribution in [0.5, 0.6) is 5.75 Å². The van der Waals surface area contributed by atoms with Gasteiger partial charge in [0.2, 0.25) is 0 Å². The Bertz CT molecular complexity index is 959. The van der Waals surface area contributed by atoms with Crippen LogP contribution in [0, 0.1) is 6.92 Å². The van der Waals surface area contributed by atoms with E-state index < -0.39 is 0 Å². The number of hydrogen-bond acceptors (Lipinski definition) is 5. The summed E-state index contributed by atoms with van der Waals surface area (Å²) in [5.41, 5.74) is 3.73. The van der Waals surface area contributed by atoms with E-state index in [0.29, 0.717) is 22.8 Å². The number of rotatable bonds is 1. The van der Waals surface area contributed by atoms with Crippen LogP contribution in [-0.2, 0) is 13.0 Å². The molecule has 5 nitrogen and oxygen atoms in total. The predicted octanol–water partition coefficient (Wildman–Crippen LogP) is 2.99. The number of thiazole rings is 1. The summed E-state index contributed by atoms with van der Waals surface area (Å²) in [5, 5.41) is 13.1. The van der Waals surface area contributed by atoms with Crippen molar-refractivity contribution in [1.29, 1.82) is 0 Å². The lowest BCUT2D eigenvalue weighted by atomic mass is 10.0. The first kappa shape index (κ1) is 14.1. The quantitative estimate of drug-likeness (QED) is 0.747. The summed E-state index contributed by atoms with van der Waals surface area (Å²) in [7, 11) is 0. The minimum absolute atomic E-state index is 0.101. The normalized spacial score (nSPS) is 13.3. The van der Waals surface area contributed by atoms with Crippen LogP contribution in [0.15, 0.2) is 34.7 Å². The fourth-order valence-corrected chi connectivity index (χ4v) is 3.87. The molecule has 0 spiro atoms. The number of aromatic hydroxyl groups is 1. The molecule has 0 amide bonds. The SMILES string of the molecule is Cc1csc(-c2cc(O)c3n(c2=O)CCCc2ccncc2-3)n1. The van der Waals surface area contributed by atoms with Crippen molar-refractivity contribution in [2.45, 2.75) is 26.3 Å². The first-order valence-corrected chi connectivity index (χ1v) is 8.35. The molecule has 0 saturated heterocycles. The van der Waals surface area contributed by atoms with Gasteiger partial charge in [-0.3, -0.25) is 9.78 Å². The van der Waals surface area contributed by atoms with E-state index in [1.54, 1.807) is 17.0 Å². The second kappa shape index (κ2) is 5.31. The zero-order valence-electron chi connectivity index (χ0n) is 12.6. The number of nitrogens with zero attached hydrogens (tertiary/aromatic N) is 3. The van der Waals surface area contributed by atoms with Gasteiger partial charge in [0.1, 0.15) is 10.8 Å². The first-order chi connectivity index (χ1) is 11.1. The highest BCUT2D eigenvalue weighted by molar-refractivity contribution is 7.13. The van der Waals surface area contributed by atoms with Gasteiger partial charge in [0.05, 0.1) is 11.3 Å². The van der Waals surface area contributed by atoms with Crippen LogP contribution < -0.4 is 5.56 Å². The summed E-state index contributed by atoms with van der Waals surface area (Å²) >= 11 is 1.42. The Balaban J connectivity index is 2.01. The molecule has 0 aromatic carbocycles. The van der Waals surface area contributed by atoms with E-state index in [2.05, 4.69) is 9.97 Å². The van der Waals surface area contributed by atoms with Crippen LogP contribution in [0.2, 0.25) is 0 Å². The fraction of sp³-hybridized carbons (Fsp3) is 0.235. The van der Waals surface area contributed by atoms with E-state index in [-0.39, 0.29) is 11.3 Å². The number of aromatic nitrogens is 3. The van der Waals surface area contributed by atoms with Crippen molar-refractivity contribution in [3.8, 4) is 27.6 Å². The Kier molecular flexibility index (Phi) is 3.27. The molecule has 23 heavy (non-hydrogen) atoms. The molecule has 6 heteroatoms. The van der Waals surface area contributed by atoms with Gasteiger partial charge in [-0.05, 0) is 37.5 Å². The standard InChI is InChI=1S/C17H15N3O2S/c1-10-9-23-16(19-10)12-7-14(21)15-13-8-18-5-4-11(13)3-2-6-20(15)17(12)22/h4-5,7-9,21H,2-3,6H2,1H3. The van der Waals surface area contributed by atoms with Crippen LogP contribution in [0.25, 0.3) is 21.8 Å². The maximum Gasteiger partial charge on any atom is 0.261 e. The van der Waals surface area contributed by atoms with E-state index in [0.717, 1.165) is 29.7 Å². The summed E-state index contributed by atoms with van der Waals surface area (Å²) < 4.78 is 1.66. The minimum atomic E-state index is -0.108. The maximum absolute atomic E-state index is 12.9. The zero-order valence-corrected chi connectivity index (χ0v) is 13.4. The topological polar surface area (TPSA) is 68.0 Å². The molecule has 0 aliphatic carbocycles. The highest BCUT2D eigenvalue weighted by Gasteiger charge is 2.22. The van der Waals surface area contributed by atoms with Gasteiger partial charge in [-0.2, -0.15) is 0 Å². The molecule has 4 rings (SSSR count). The summed E-state index contributed by atoms with van der Waals surface area (Å²) in [6.07, 6.45) is 5.18. The molecule has 0 atom stereocenters. The number of aryl methyl sites for hydroxylation is 2. The van der Waals surface area contributed by atoms with Crippen LogP contribution in [-0.4, -0.2) is 19.6 Å². The highest BCUT2D eigenvalue weighted by atomic mass is 32.1. The van der Waals surface area contributed by atoms with Crippen molar-refractivity contribution in [2.24, 2.45) is 0 Å². The Labute approximate surface area is 136 Å². The van der Waals surface area contributed by atoms with E-state index in [1.165, 1.54) is 17.4 Å². The predicted molar refractivity (Wildman–Crippen MR) is 89.8 cm³/mol. The van der Waals surface area contributed by atoms with Gasteiger partial charge in [-0.25, -0.2) is 4.98 Å². The maximum atomic E-state index is 12.9. The zero-order chi connectivity index (χ0) is 16.0. The molecule has 0 fully saturated rings. The second-order valence-electron chi connectivity index (χ2n) is 5.68. The number of fused-ring (bicyclic) bond motifs is 3. The lowest BCUT2D eigenvalue weighted by molar-refractivity contribution is 0.468. The summed E-state index contributed by atoms with van der Waals surface area (Å²) in [6.45, 7) is 2.47. The molecular weight excluding hydrogens is 310 g/mol. The van der Waals surface area contributed by atoms with Gasteiger partial charge in [0, 0.05) is 35.6 Å². The van der Waals surface area contributed by atoms with E-state index in [9.17, 15) is 9.90 Å². The van der Waals surface area contributed by atoms with Gasteiger partial charge in [0.15, 0.2) is 0 Å². The van der Waals surface area contributed by atoms with Crippen LogP contribution in [0.1, 0.15) is 17.7 Å². The van der Waals surface area contributed by atoms with Crippen LogP contribution in [0.3, 0.4) is 0 Å². The Morgan fingerprint density at radius 1 is 1.35 bits per heavy atom. The smallest absolute Gasteiger partial charge is 0.261 e. The molecule has 1 aliphatic heterocycles. The monoisotopic (exact) mass is 325 g/mol. The molecule has 116 valence electrons. The average Bonchev–Trinajstić information content (AvgIpc) is 2.87. The van der Waals surface area contributed by atoms with Gasteiger partial charge < -0.3 is 9.67 Å². The van der Waals surface area contributed by atoms with Gasteiger partial charge in [0.25, 0.3) is 5.56 Å². The van der Waals surface area contributed by atoms with E-state index >= 15 is 0 Å². The average molecular weight is 325 g/mol. The molecular formula is C17H15N3O2S. The lowest BCUT2D eigenvalue weighted by Crippen LogP contribution is -2.23. The van der Waals surface area contributed by atoms with Crippen molar-refractivity contribution in [3.63, 3.8) is 0 Å². The van der Waals surface area contributed by atoms with Crippen molar-refractivity contribution < 1.29 is 5.11 Å². The van der Waals surface area contributed by atoms with Gasteiger partial charge in [-0.15, -0.1) is 11.3 Å². The highest BCUT2D eigenvalue weighted by Crippen LogP contribution is 2.35. The lowest BCUT2D eigenvalue weighted by Gasteiger charge is -2.14. The van der Waals surface area contributed by atoms with Crippen LogP contribution in [0.4, 0.5) is 0 Å².